The van der Waals surface area contributed by atoms with Crippen molar-refractivity contribution in [2.75, 3.05) is 16.8 Å². The molecule has 0 saturated heterocycles. The molecular formula is C35H36F5N3O4S. The normalized spacial score (nSPS) is 15.3. The van der Waals surface area contributed by atoms with E-state index in [1.807, 2.05) is 17.4 Å². The molecule has 1 aliphatic rings. The van der Waals surface area contributed by atoms with Crippen molar-refractivity contribution in [1.29, 1.82) is 0 Å². The average Bonchev–Trinajstić information content (AvgIpc) is 3.02. The van der Waals surface area contributed by atoms with Gasteiger partial charge in [-0.25, -0.2) is 9.59 Å². The van der Waals surface area contributed by atoms with Crippen molar-refractivity contribution in [2.45, 2.75) is 62.9 Å². The molecule has 0 heterocycles. The van der Waals surface area contributed by atoms with E-state index in [0.717, 1.165) is 24.8 Å². The first-order valence-corrected chi connectivity index (χ1v) is 15.9. The number of nitrogens with zero attached hydrogens (tertiary/aromatic N) is 1. The molecule has 48 heavy (non-hydrogen) atoms. The summed E-state index contributed by atoms with van der Waals surface area (Å²) in [5.74, 6) is -6.79. The van der Waals surface area contributed by atoms with Gasteiger partial charge in [0.15, 0.2) is 0 Å². The summed E-state index contributed by atoms with van der Waals surface area (Å²) in [5, 5.41) is 13.2. The van der Waals surface area contributed by atoms with E-state index in [2.05, 4.69) is 32.2 Å². The number of carbonyl (C=O) groups excluding carboxylic acids is 2. The van der Waals surface area contributed by atoms with Crippen molar-refractivity contribution >= 4 is 46.6 Å². The molecule has 3 aromatic rings. The first kappa shape index (κ1) is 36.4. The van der Waals surface area contributed by atoms with Gasteiger partial charge in [-0.1, -0.05) is 51.1 Å². The summed E-state index contributed by atoms with van der Waals surface area (Å²) < 4.78 is 65.1. The van der Waals surface area contributed by atoms with Gasteiger partial charge >= 0.3 is 23.4 Å². The Bertz CT molecular complexity index is 1640. The smallest absolute Gasteiger partial charge is 0.446 e. The number of carboxylic acid groups (broad SMARTS) is 1. The lowest BCUT2D eigenvalue weighted by molar-refractivity contribution is -0.163. The Morgan fingerprint density at radius 2 is 1.52 bits per heavy atom. The van der Waals surface area contributed by atoms with Crippen molar-refractivity contribution < 1.29 is 41.4 Å². The maximum Gasteiger partial charge on any atom is 0.446 e. The topological polar surface area (TPSA) is 98.7 Å². The molecule has 0 aromatic heterocycles. The van der Waals surface area contributed by atoms with E-state index in [4.69, 9.17) is 5.11 Å². The van der Waals surface area contributed by atoms with E-state index in [1.165, 1.54) is 59.0 Å². The van der Waals surface area contributed by atoms with Gasteiger partial charge in [-0.05, 0) is 108 Å². The molecule has 256 valence electrons. The lowest BCUT2D eigenvalue weighted by Gasteiger charge is -2.33. The summed E-state index contributed by atoms with van der Waals surface area (Å²) in [6.07, 6.45) is 5.25. The summed E-state index contributed by atoms with van der Waals surface area (Å²) in [7, 11) is 0. The zero-order chi connectivity index (χ0) is 35.3. The van der Waals surface area contributed by atoms with Crippen LogP contribution in [0.3, 0.4) is 0 Å². The molecule has 1 unspecified atom stereocenters. The lowest BCUT2D eigenvalue weighted by Crippen LogP contribution is -2.42. The highest BCUT2D eigenvalue weighted by molar-refractivity contribution is 8.00. The number of alkyl halides is 5. The van der Waals surface area contributed by atoms with Gasteiger partial charge in [-0.15, -0.1) is 0 Å². The molecule has 7 nitrogen and oxygen atoms in total. The molecule has 4 rings (SSSR count). The highest BCUT2D eigenvalue weighted by Gasteiger charge is 2.39. The van der Waals surface area contributed by atoms with Crippen molar-refractivity contribution in [2.24, 2.45) is 11.3 Å². The molecule has 3 N–H and O–H groups in total. The molecule has 3 aromatic carbocycles. The molecule has 1 atom stereocenters. The number of hydrogen-bond acceptors (Lipinski definition) is 4. The van der Waals surface area contributed by atoms with Crippen molar-refractivity contribution in [3.8, 4) is 0 Å². The fourth-order valence-corrected chi connectivity index (χ4v) is 5.80. The summed E-state index contributed by atoms with van der Waals surface area (Å²) >= 11 is -0.263. The number of aliphatic carboxylic acids is 1. The van der Waals surface area contributed by atoms with Crippen LogP contribution in [0.2, 0.25) is 0 Å². The summed E-state index contributed by atoms with van der Waals surface area (Å²) in [4.78, 5) is 37.9. The number of hydrogen-bond donors (Lipinski definition) is 3. The molecule has 0 spiro atoms. The van der Waals surface area contributed by atoms with Gasteiger partial charge in [0.25, 0.3) is 5.91 Å². The molecular weight excluding hydrogens is 653 g/mol. The van der Waals surface area contributed by atoms with Crippen LogP contribution >= 0.6 is 11.8 Å². The number of carboxylic acids is 1. The highest BCUT2D eigenvalue weighted by atomic mass is 32.2. The van der Waals surface area contributed by atoms with Crippen LogP contribution in [-0.4, -0.2) is 41.0 Å². The van der Waals surface area contributed by atoms with Gasteiger partial charge < -0.3 is 15.7 Å². The Hall–Kier alpha value is -4.39. The third-order valence-corrected chi connectivity index (χ3v) is 8.85. The zero-order valence-corrected chi connectivity index (χ0v) is 27.4. The number of thioether (sulfide) groups is 1. The molecule has 0 radical (unpaired) electrons. The first-order valence-electron chi connectivity index (χ1n) is 15.1. The maximum atomic E-state index is 13.6. The maximum absolute atomic E-state index is 13.6. The number of rotatable bonds is 10. The van der Waals surface area contributed by atoms with E-state index in [1.54, 1.807) is 12.1 Å². The molecule has 0 saturated carbocycles. The van der Waals surface area contributed by atoms with Crippen LogP contribution in [0.25, 0.3) is 5.57 Å². The monoisotopic (exact) mass is 689 g/mol. The minimum Gasteiger partial charge on any atom is -0.477 e. The molecule has 0 fully saturated rings. The Morgan fingerprint density at radius 3 is 2.04 bits per heavy atom. The highest BCUT2D eigenvalue weighted by Crippen LogP contribution is 2.40. The number of amides is 3. The average molecular weight is 690 g/mol. The van der Waals surface area contributed by atoms with Crippen molar-refractivity contribution in [3.63, 3.8) is 0 Å². The van der Waals surface area contributed by atoms with Gasteiger partial charge in [-0.2, -0.15) is 22.0 Å². The summed E-state index contributed by atoms with van der Waals surface area (Å²) in [5.41, 5.74) is -0.587. The summed E-state index contributed by atoms with van der Waals surface area (Å²) in [6, 6.07) is 17.9. The molecule has 0 bridgehead atoms. The van der Waals surface area contributed by atoms with E-state index < -0.39 is 35.9 Å². The Balaban J connectivity index is 1.53. The minimum atomic E-state index is -4.45. The third kappa shape index (κ3) is 10.1. The second-order valence-corrected chi connectivity index (χ2v) is 13.7. The molecule has 0 aliphatic heterocycles. The van der Waals surface area contributed by atoms with Gasteiger partial charge in [-0.3, -0.25) is 9.69 Å². The Labute approximate surface area is 279 Å². The van der Waals surface area contributed by atoms with Crippen LogP contribution < -0.4 is 15.5 Å². The number of anilines is 2. The van der Waals surface area contributed by atoms with Crippen LogP contribution in [0.4, 0.5) is 38.1 Å². The predicted molar refractivity (Wildman–Crippen MR) is 176 cm³/mol. The number of allylic oxidation sites excluding steroid dienone is 2. The van der Waals surface area contributed by atoms with E-state index >= 15 is 0 Å². The number of benzene rings is 3. The van der Waals surface area contributed by atoms with Crippen LogP contribution in [0.1, 0.15) is 61.5 Å². The quantitative estimate of drug-likeness (QED) is 0.146. The summed E-state index contributed by atoms with van der Waals surface area (Å²) in [6.45, 7) is 5.37. The predicted octanol–water partition coefficient (Wildman–Crippen LogP) is 9.22. The lowest BCUT2D eigenvalue weighted by atomic mass is 9.72. The first-order chi connectivity index (χ1) is 22.4. The van der Waals surface area contributed by atoms with Crippen LogP contribution in [0.15, 0.2) is 83.8 Å². The van der Waals surface area contributed by atoms with Crippen LogP contribution in [-0.2, 0) is 11.3 Å². The molecule has 1 aliphatic carbocycles. The molecule has 13 heteroatoms. The standard InChI is InChI=1S/C35H36F5N3O4S/c1-33(2,3)26-12-8-23(9-13-26)24-10-16-28(17-11-24)43(32(47)42-27-14-18-29(19-15-27)48-35(38,39)40)20-22-4-6-25(7-5-22)30(44)41-21-34(36,37)31(45)46/h4-8,10-11,14-19,26H,9,12-13,20-21H2,1-3H3,(H,41,44)(H,42,47)(H,45,46). The fourth-order valence-electron chi connectivity index (χ4n) is 5.26. The second kappa shape index (κ2) is 14.8. The van der Waals surface area contributed by atoms with Gasteiger partial charge in [0.1, 0.15) is 0 Å². The van der Waals surface area contributed by atoms with Gasteiger partial charge in [0.05, 0.1) is 13.1 Å². The van der Waals surface area contributed by atoms with Crippen molar-refractivity contribution in [3.05, 3.63) is 95.6 Å². The number of urea groups is 1. The van der Waals surface area contributed by atoms with Gasteiger partial charge in [0.2, 0.25) is 0 Å². The SMILES string of the molecule is CC(C)(C)C1CC=C(c2ccc(N(Cc3ccc(C(=O)NCC(F)(F)C(=O)O)cc3)C(=O)Nc3ccc(SC(F)(F)F)cc3)cc2)CC1. The zero-order valence-electron chi connectivity index (χ0n) is 26.5. The number of carbonyl (C=O) groups is 3. The molecule has 3 amide bonds. The van der Waals surface area contributed by atoms with Crippen LogP contribution in [0, 0.1) is 11.3 Å². The minimum absolute atomic E-state index is 0.00608. The Morgan fingerprint density at radius 1 is 0.896 bits per heavy atom. The van der Waals surface area contributed by atoms with E-state index in [0.29, 0.717) is 17.2 Å². The van der Waals surface area contributed by atoms with Gasteiger partial charge in [0, 0.05) is 21.8 Å². The number of halogens is 5. The third-order valence-electron chi connectivity index (χ3n) is 8.11. The largest absolute Gasteiger partial charge is 0.477 e. The Kier molecular flexibility index (Phi) is 11.2. The van der Waals surface area contributed by atoms with E-state index in [-0.39, 0.29) is 39.9 Å². The van der Waals surface area contributed by atoms with E-state index in [9.17, 15) is 36.3 Å². The van der Waals surface area contributed by atoms with Crippen molar-refractivity contribution in [1.82, 2.24) is 5.32 Å². The number of nitrogens with one attached hydrogen (secondary N) is 2. The fraction of sp³-hybridized carbons (Fsp3) is 0.343. The second-order valence-electron chi connectivity index (χ2n) is 12.6. The van der Waals surface area contributed by atoms with Crippen LogP contribution in [0.5, 0.6) is 0 Å².